The average molecular weight is 156 g/mol. The maximum absolute atomic E-state index is 10.9. The van der Waals surface area contributed by atoms with Crippen molar-refractivity contribution in [1.29, 1.82) is 0 Å². The largest absolute Gasteiger partial charge is 0.462 e. The van der Waals surface area contributed by atoms with Gasteiger partial charge in [0.2, 0.25) is 0 Å². The number of esters is 1. The molecular formula is C9H16O2. The summed E-state index contributed by atoms with van der Waals surface area (Å²) >= 11 is 0. The molecule has 0 saturated carbocycles. The van der Waals surface area contributed by atoms with Crippen molar-refractivity contribution < 1.29 is 9.53 Å². The van der Waals surface area contributed by atoms with Crippen molar-refractivity contribution in [1.82, 2.24) is 0 Å². The van der Waals surface area contributed by atoms with Crippen molar-refractivity contribution in [2.75, 3.05) is 0 Å². The number of cyclic esters (lactones) is 1. The van der Waals surface area contributed by atoms with Gasteiger partial charge in [0, 0.05) is 6.42 Å². The van der Waals surface area contributed by atoms with Crippen LogP contribution in [0.4, 0.5) is 0 Å². The maximum atomic E-state index is 10.9. The van der Waals surface area contributed by atoms with E-state index in [-0.39, 0.29) is 12.1 Å². The Balaban J connectivity index is 2.36. The van der Waals surface area contributed by atoms with Crippen molar-refractivity contribution in [3.05, 3.63) is 0 Å². The molecule has 1 aliphatic rings. The zero-order chi connectivity index (χ0) is 8.27. The highest BCUT2D eigenvalue weighted by Gasteiger charge is 2.24. The van der Waals surface area contributed by atoms with Crippen LogP contribution in [0, 0.1) is 5.92 Å². The van der Waals surface area contributed by atoms with Crippen molar-refractivity contribution in [2.24, 2.45) is 5.92 Å². The van der Waals surface area contributed by atoms with Gasteiger partial charge in [-0.1, -0.05) is 20.3 Å². The molecule has 0 unspecified atom stereocenters. The molecule has 0 radical (unpaired) electrons. The molecule has 0 aromatic carbocycles. The van der Waals surface area contributed by atoms with Crippen LogP contribution in [0.15, 0.2) is 0 Å². The normalized spacial score (nSPS) is 31.6. The molecule has 0 spiro atoms. The summed E-state index contributed by atoms with van der Waals surface area (Å²) in [5.74, 6) is 0.509. The summed E-state index contributed by atoms with van der Waals surface area (Å²) in [4.78, 5) is 10.9. The Morgan fingerprint density at radius 3 is 2.91 bits per heavy atom. The lowest BCUT2D eigenvalue weighted by molar-refractivity contribution is -0.156. The van der Waals surface area contributed by atoms with Gasteiger partial charge >= 0.3 is 5.97 Å². The Kier molecular flexibility index (Phi) is 2.92. The average Bonchev–Trinajstić information content (AvgIpc) is 1.85. The van der Waals surface area contributed by atoms with Crippen LogP contribution in [0.5, 0.6) is 0 Å². The van der Waals surface area contributed by atoms with Crippen LogP contribution in [0.1, 0.15) is 39.5 Å². The van der Waals surface area contributed by atoms with Crippen LogP contribution in [0.3, 0.4) is 0 Å². The fourth-order valence-corrected chi connectivity index (χ4v) is 1.60. The topological polar surface area (TPSA) is 26.3 Å². The van der Waals surface area contributed by atoms with Crippen molar-refractivity contribution in [2.45, 2.75) is 45.6 Å². The van der Waals surface area contributed by atoms with Crippen LogP contribution in [-0.2, 0) is 9.53 Å². The van der Waals surface area contributed by atoms with Crippen LogP contribution in [0.25, 0.3) is 0 Å². The summed E-state index contributed by atoms with van der Waals surface area (Å²) in [6, 6.07) is 0. The van der Waals surface area contributed by atoms with Gasteiger partial charge in [-0.2, -0.15) is 0 Å². The monoisotopic (exact) mass is 156 g/mol. The van der Waals surface area contributed by atoms with E-state index in [2.05, 4.69) is 13.8 Å². The predicted molar refractivity (Wildman–Crippen MR) is 43.2 cm³/mol. The fourth-order valence-electron chi connectivity index (χ4n) is 1.60. The summed E-state index contributed by atoms with van der Waals surface area (Å²) in [5.41, 5.74) is 0. The molecule has 2 nitrogen and oxygen atoms in total. The van der Waals surface area contributed by atoms with E-state index in [0.717, 1.165) is 19.3 Å². The third-order valence-corrected chi connectivity index (χ3v) is 2.09. The van der Waals surface area contributed by atoms with E-state index in [4.69, 9.17) is 4.74 Å². The van der Waals surface area contributed by atoms with Gasteiger partial charge in [0.05, 0.1) is 0 Å². The van der Waals surface area contributed by atoms with E-state index < -0.39 is 0 Å². The number of rotatable bonds is 2. The molecule has 0 aliphatic carbocycles. The lowest BCUT2D eigenvalue weighted by Gasteiger charge is -2.26. The summed E-state index contributed by atoms with van der Waals surface area (Å²) in [7, 11) is 0. The lowest BCUT2D eigenvalue weighted by Crippen LogP contribution is -2.28. The molecule has 0 N–H and O–H groups in total. The van der Waals surface area contributed by atoms with Gasteiger partial charge in [-0.05, 0) is 18.8 Å². The van der Waals surface area contributed by atoms with Crippen molar-refractivity contribution in [3.63, 3.8) is 0 Å². The minimum Gasteiger partial charge on any atom is -0.462 e. The van der Waals surface area contributed by atoms with Gasteiger partial charge in [-0.25, -0.2) is 0 Å². The molecule has 0 bridgehead atoms. The highest BCUT2D eigenvalue weighted by molar-refractivity contribution is 5.70. The second kappa shape index (κ2) is 3.74. The summed E-state index contributed by atoms with van der Waals surface area (Å²) in [5, 5.41) is 0. The molecule has 11 heavy (non-hydrogen) atoms. The predicted octanol–water partition coefficient (Wildman–Crippen LogP) is 2.13. The van der Waals surface area contributed by atoms with Crippen LogP contribution >= 0.6 is 0 Å². The van der Waals surface area contributed by atoms with Crippen molar-refractivity contribution >= 4 is 5.97 Å². The molecule has 2 heteroatoms. The third-order valence-electron chi connectivity index (χ3n) is 2.09. The Morgan fingerprint density at radius 2 is 2.36 bits per heavy atom. The smallest absolute Gasteiger partial charge is 0.306 e. The molecule has 0 aromatic rings. The summed E-state index contributed by atoms with van der Waals surface area (Å²) in [6.45, 7) is 4.23. The van der Waals surface area contributed by atoms with Crippen molar-refractivity contribution in [3.8, 4) is 0 Å². The lowest BCUT2D eigenvalue weighted by atomic mass is 9.95. The first kappa shape index (κ1) is 8.57. The Bertz CT molecular complexity index is 142. The highest BCUT2D eigenvalue weighted by atomic mass is 16.5. The number of ether oxygens (including phenoxy) is 1. The van der Waals surface area contributed by atoms with E-state index in [1.165, 1.54) is 0 Å². The molecule has 2 atom stereocenters. The Labute approximate surface area is 67.9 Å². The van der Waals surface area contributed by atoms with Gasteiger partial charge in [0.15, 0.2) is 0 Å². The third kappa shape index (κ3) is 2.52. The van der Waals surface area contributed by atoms with Gasteiger partial charge in [0.25, 0.3) is 0 Å². The van der Waals surface area contributed by atoms with E-state index in [0.29, 0.717) is 12.3 Å². The summed E-state index contributed by atoms with van der Waals surface area (Å²) in [6.07, 6.45) is 4.00. The minimum absolute atomic E-state index is 0.0119. The van der Waals surface area contributed by atoms with Gasteiger partial charge < -0.3 is 4.74 Å². The number of carbonyl (C=O) groups excluding carboxylic acids is 1. The van der Waals surface area contributed by atoms with Crippen LogP contribution in [0.2, 0.25) is 0 Å². The molecule has 1 saturated heterocycles. The zero-order valence-corrected chi connectivity index (χ0v) is 7.30. The van der Waals surface area contributed by atoms with E-state index in [9.17, 15) is 4.79 Å². The van der Waals surface area contributed by atoms with Crippen LogP contribution in [-0.4, -0.2) is 12.1 Å². The first-order valence-corrected chi connectivity index (χ1v) is 4.41. The number of carbonyl (C=O) groups is 1. The molecule has 1 aliphatic heterocycles. The molecule has 1 rings (SSSR count). The molecule has 0 amide bonds. The molecule has 1 fully saturated rings. The van der Waals surface area contributed by atoms with E-state index >= 15 is 0 Å². The van der Waals surface area contributed by atoms with Gasteiger partial charge in [-0.3, -0.25) is 4.79 Å². The fraction of sp³-hybridized carbons (Fsp3) is 0.889. The second-order valence-corrected chi connectivity index (χ2v) is 3.45. The Morgan fingerprint density at radius 1 is 1.64 bits per heavy atom. The molecule has 1 heterocycles. The second-order valence-electron chi connectivity index (χ2n) is 3.45. The molecule has 0 aromatic heterocycles. The van der Waals surface area contributed by atoms with E-state index in [1.807, 2.05) is 0 Å². The van der Waals surface area contributed by atoms with Gasteiger partial charge in [-0.15, -0.1) is 0 Å². The number of hydrogen-bond acceptors (Lipinski definition) is 2. The maximum Gasteiger partial charge on any atom is 0.306 e. The minimum atomic E-state index is -0.0119. The first-order valence-electron chi connectivity index (χ1n) is 4.41. The zero-order valence-electron chi connectivity index (χ0n) is 7.30. The SMILES string of the molecule is CCC[C@H]1C[C@@H](C)CC(=O)O1. The summed E-state index contributed by atoms with van der Waals surface area (Å²) < 4.78 is 5.16. The van der Waals surface area contributed by atoms with Gasteiger partial charge in [0.1, 0.15) is 6.10 Å². The first-order chi connectivity index (χ1) is 5.22. The molecular weight excluding hydrogens is 140 g/mol. The Hall–Kier alpha value is -0.530. The molecule has 64 valence electrons. The highest BCUT2D eigenvalue weighted by Crippen LogP contribution is 2.22. The van der Waals surface area contributed by atoms with Crippen LogP contribution < -0.4 is 0 Å². The van der Waals surface area contributed by atoms with E-state index in [1.54, 1.807) is 0 Å². The quantitative estimate of drug-likeness (QED) is 0.572. The number of hydrogen-bond donors (Lipinski definition) is 0. The standard InChI is InChI=1S/C9H16O2/c1-3-4-8-5-7(2)6-9(10)11-8/h7-8H,3-6H2,1-2H3/t7-,8+/m1/s1.